The molecule has 3 unspecified atom stereocenters. The minimum absolute atomic E-state index is 0.0682. The van der Waals surface area contributed by atoms with Gasteiger partial charge in [-0.2, -0.15) is 0 Å². The molecule has 4 atom stereocenters. The van der Waals surface area contributed by atoms with Crippen LogP contribution in [0.15, 0.2) is 42.6 Å². The van der Waals surface area contributed by atoms with Crippen molar-refractivity contribution in [2.45, 2.75) is 69.0 Å². The molecule has 2 saturated heterocycles. The molecule has 186 valence electrons. The van der Waals surface area contributed by atoms with Crippen LogP contribution in [0.3, 0.4) is 0 Å². The number of aliphatic hydroxyl groups excluding tert-OH is 1. The van der Waals surface area contributed by atoms with Crippen LogP contribution in [0.25, 0.3) is 0 Å². The Hall–Kier alpha value is -3.17. The molecule has 2 fully saturated rings. The highest BCUT2D eigenvalue weighted by molar-refractivity contribution is 5.94. The van der Waals surface area contributed by atoms with E-state index in [2.05, 4.69) is 27.8 Å². The average molecular weight is 481 g/mol. The van der Waals surface area contributed by atoms with Gasteiger partial charge in [-0.05, 0) is 36.5 Å². The Morgan fingerprint density at radius 2 is 1.94 bits per heavy atom. The second-order valence-corrected chi connectivity index (χ2v) is 9.59. The third-order valence-corrected chi connectivity index (χ3v) is 7.41. The number of fused-ring (bicyclic) bond motifs is 3. The summed E-state index contributed by atoms with van der Waals surface area (Å²) < 4.78 is 11.0. The van der Waals surface area contributed by atoms with Gasteiger partial charge in [-0.3, -0.25) is 4.79 Å². The Bertz CT molecular complexity index is 1070. The number of amides is 2. The number of carbonyl (C=O) groups is 2. The molecule has 0 aliphatic carbocycles. The highest BCUT2D eigenvalue weighted by atomic mass is 16.5. The van der Waals surface area contributed by atoms with Gasteiger partial charge in [-0.1, -0.05) is 24.3 Å². The second kappa shape index (κ2) is 10.2. The van der Waals surface area contributed by atoms with E-state index in [1.807, 2.05) is 17.0 Å². The first-order valence-corrected chi connectivity index (χ1v) is 12.3. The van der Waals surface area contributed by atoms with Gasteiger partial charge in [0, 0.05) is 61.9 Å². The van der Waals surface area contributed by atoms with E-state index in [0.29, 0.717) is 30.8 Å². The number of methoxy groups -OCH3 is 1. The smallest absolute Gasteiger partial charge is 0.409 e. The molecule has 0 spiro atoms. The fraction of sp³-hybridized carbons (Fsp3) is 0.500. The van der Waals surface area contributed by atoms with E-state index in [0.717, 1.165) is 19.3 Å². The number of aliphatic hydroxyl groups is 1. The van der Waals surface area contributed by atoms with E-state index in [-0.39, 0.29) is 42.8 Å². The molecule has 3 N–H and O–H groups in total. The molecule has 35 heavy (non-hydrogen) atoms. The van der Waals surface area contributed by atoms with E-state index in [9.17, 15) is 14.7 Å². The first-order chi connectivity index (χ1) is 17.0. The van der Waals surface area contributed by atoms with Crippen LogP contribution in [-0.2, 0) is 17.7 Å². The zero-order valence-electron chi connectivity index (χ0n) is 19.9. The normalized spacial score (nSPS) is 25.9. The highest BCUT2D eigenvalue weighted by Gasteiger charge is 2.44. The van der Waals surface area contributed by atoms with Crippen LogP contribution in [0.4, 0.5) is 4.79 Å². The van der Waals surface area contributed by atoms with Gasteiger partial charge in [0.05, 0.1) is 13.2 Å². The van der Waals surface area contributed by atoms with Crippen molar-refractivity contribution in [3.63, 3.8) is 0 Å². The standard InChI is InChI=1S/C26H32N4O5/c1-34-26(33)30-19-6-7-20(30)13-21(12-19)35-24-11-17(8-9-27-24)25(32)29-15-23(31)22-10-16-4-2-3-5-18(16)14-28-22/h2-5,8-9,11,19-23,28,31H,6-7,10,12-15H2,1H3,(H,29,32)/t19?,20?,21?,22-,23?/m0/s1. The quantitative estimate of drug-likeness (QED) is 0.580. The predicted molar refractivity (Wildman–Crippen MR) is 128 cm³/mol. The Labute approximate surface area is 204 Å². The molecule has 5 rings (SSSR count). The van der Waals surface area contributed by atoms with Crippen LogP contribution in [0.5, 0.6) is 5.88 Å². The fourth-order valence-electron chi connectivity index (χ4n) is 5.61. The van der Waals surface area contributed by atoms with E-state index in [1.165, 1.54) is 18.2 Å². The van der Waals surface area contributed by atoms with Crippen molar-refractivity contribution in [3.8, 4) is 5.88 Å². The third kappa shape index (κ3) is 5.11. The van der Waals surface area contributed by atoms with Crippen molar-refractivity contribution in [2.75, 3.05) is 13.7 Å². The molecular weight excluding hydrogens is 448 g/mol. The zero-order chi connectivity index (χ0) is 24.4. The van der Waals surface area contributed by atoms with Gasteiger partial charge < -0.3 is 30.1 Å². The number of nitrogens with one attached hydrogen (secondary N) is 2. The maximum absolute atomic E-state index is 12.8. The summed E-state index contributed by atoms with van der Waals surface area (Å²) in [6.07, 6.45) is 4.54. The molecule has 2 aromatic rings. The number of rotatable bonds is 6. The minimum Gasteiger partial charge on any atom is -0.474 e. The summed E-state index contributed by atoms with van der Waals surface area (Å²) in [5.74, 6) is 0.104. The molecule has 4 heterocycles. The van der Waals surface area contributed by atoms with Crippen LogP contribution in [0.2, 0.25) is 0 Å². The minimum atomic E-state index is -0.708. The first kappa shape index (κ1) is 23.6. The van der Waals surface area contributed by atoms with Gasteiger partial charge in [0.15, 0.2) is 0 Å². The number of nitrogens with zero attached hydrogens (tertiary/aromatic N) is 2. The number of piperidine rings is 1. The molecular formula is C26H32N4O5. The lowest BCUT2D eigenvalue weighted by Gasteiger charge is -2.37. The third-order valence-electron chi connectivity index (χ3n) is 7.41. The Morgan fingerprint density at radius 1 is 1.20 bits per heavy atom. The fourth-order valence-corrected chi connectivity index (χ4v) is 5.61. The summed E-state index contributed by atoms with van der Waals surface area (Å²) in [6.45, 7) is 0.851. The van der Waals surface area contributed by atoms with Crippen molar-refractivity contribution in [3.05, 3.63) is 59.3 Å². The van der Waals surface area contributed by atoms with Crippen LogP contribution >= 0.6 is 0 Å². The summed E-state index contributed by atoms with van der Waals surface area (Å²) >= 11 is 0. The van der Waals surface area contributed by atoms with Gasteiger partial charge >= 0.3 is 6.09 Å². The lowest BCUT2D eigenvalue weighted by Crippen LogP contribution is -2.49. The topological polar surface area (TPSA) is 113 Å². The summed E-state index contributed by atoms with van der Waals surface area (Å²) in [5, 5.41) is 16.8. The molecule has 2 bridgehead atoms. The van der Waals surface area contributed by atoms with Gasteiger partial charge in [-0.15, -0.1) is 0 Å². The molecule has 0 radical (unpaired) electrons. The van der Waals surface area contributed by atoms with Gasteiger partial charge in [-0.25, -0.2) is 9.78 Å². The van der Waals surface area contributed by atoms with E-state index in [1.54, 1.807) is 18.3 Å². The summed E-state index contributed by atoms with van der Waals surface area (Å²) in [5.41, 5.74) is 2.90. The maximum Gasteiger partial charge on any atom is 0.409 e. The number of aromatic nitrogens is 1. The van der Waals surface area contributed by atoms with Crippen LogP contribution in [-0.4, -0.2) is 71.0 Å². The Balaban J connectivity index is 1.14. The molecule has 3 aliphatic rings. The summed E-state index contributed by atoms with van der Waals surface area (Å²) in [4.78, 5) is 30.9. The largest absolute Gasteiger partial charge is 0.474 e. The number of pyridine rings is 1. The SMILES string of the molecule is COC(=O)N1C2CCC1CC(Oc1cc(C(=O)NCC(O)[C@@H]3Cc4ccccc4CN3)ccn1)C2. The lowest BCUT2D eigenvalue weighted by molar-refractivity contribution is 0.0399. The average Bonchev–Trinajstić information content (AvgIpc) is 3.16. The number of benzene rings is 1. The van der Waals surface area contributed by atoms with Crippen LogP contribution in [0.1, 0.15) is 47.2 Å². The lowest BCUT2D eigenvalue weighted by atomic mass is 9.93. The summed E-state index contributed by atoms with van der Waals surface area (Å²) in [6, 6.07) is 11.6. The van der Waals surface area contributed by atoms with Gasteiger partial charge in [0.2, 0.25) is 5.88 Å². The molecule has 1 aromatic carbocycles. The molecule has 2 amide bonds. The van der Waals surface area contributed by atoms with Crippen molar-refractivity contribution in [2.24, 2.45) is 0 Å². The highest BCUT2D eigenvalue weighted by Crippen LogP contribution is 2.37. The Morgan fingerprint density at radius 3 is 2.69 bits per heavy atom. The summed E-state index contributed by atoms with van der Waals surface area (Å²) in [7, 11) is 1.41. The number of ether oxygens (including phenoxy) is 2. The van der Waals surface area contributed by atoms with Crippen molar-refractivity contribution in [1.82, 2.24) is 20.5 Å². The number of hydrogen-bond acceptors (Lipinski definition) is 7. The van der Waals surface area contributed by atoms with Gasteiger partial charge in [0.1, 0.15) is 6.10 Å². The first-order valence-electron chi connectivity index (χ1n) is 12.3. The number of carbonyl (C=O) groups excluding carboxylic acids is 2. The van der Waals surface area contributed by atoms with E-state index >= 15 is 0 Å². The van der Waals surface area contributed by atoms with E-state index in [4.69, 9.17) is 9.47 Å². The van der Waals surface area contributed by atoms with Crippen molar-refractivity contribution < 1.29 is 24.2 Å². The Kier molecular flexibility index (Phi) is 6.88. The molecule has 3 aliphatic heterocycles. The van der Waals surface area contributed by atoms with E-state index < -0.39 is 6.10 Å². The van der Waals surface area contributed by atoms with Crippen molar-refractivity contribution in [1.29, 1.82) is 0 Å². The maximum atomic E-state index is 12.8. The van der Waals surface area contributed by atoms with Crippen molar-refractivity contribution >= 4 is 12.0 Å². The zero-order valence-corrected chi connectivity index (χ0v) is 19.9. The molecule has 1 aromatic heterocycles. The monoisotopic (exact) mass is 480 g/mol. The molecule has 9 nitrogen and oxygen atoms in total. The van der Waals surface area contributed by atoms with Gasteiger partial charge in [0.25, 0.3) is 5.91 Å². The number of hydrogen-bond donors (Lipinski definition) is 3. The van der Waals surface area contributed by atoms with Crippen LogP contribution < -0.4 is 15.4 Å². The van der Waals surface area contributed by atoms with Crippen LogP contribution in [0, 0.1) is 0 Å². The molecule has 0 saturated carbocycles. The predicted octanol–water partition coefficient (Wildman–Crippen LogP) is 2.03. The second-order valence-electron chi connectivity index (χ2n) is 9.59. The molecule has 9 heteroatoms.